The SMILES string of the molecule is O=[S@@](Cc1ccccc1)[C@@H](CN1CCCC1)c1ccccc1. The van der Waals surface area contributed by atoms with E-state index in [2.05, 4.69) is 29.2 Å². The number of hydrogen-bond acceptors (Lipinski definition) is 2. The molecule has 0 radical (unpaired) electrons. The van der Waals surface area contributed by atoms with Gasteiger partial charge in [0, 0.05) is 23.1 Å². The lowest BCUT2D eigenvalue weighted by atomic mass is 10.1. The molecule has 1 aliphatic heterocycles. The average molecular weight is 313 g/mol. The highest BCUT2D eigenvalue weighted by Gasteiger charge is 2.23. The van der Waals surface area contributed by atoms with Gasteiger partial charge >= 0.3 is 0 Å². The molecule has 22 heavy (non-hydrogen) atoms. The summed E-state index contributed by atoms with van der Waals surface area (Å²) in [6.45, 7) is 3.20. The van der Waals surface area contributed by atoms with Crippen LogP contribution in [0.2, 0.25) is 0 Å². The highest BCUT2D eigenvalue weighted by atomic mass is 32.2. The first-order valence-electron chi connectivity index (χ1n) is 8.01. The van der Waals surface area contributed by atoms with E-state index in [1.807, 2.05) is 36.4 Å². The van der Waals surface area contributed by atoms with Crippen molar-refractivity contribution < 1.29 is 4.21 Å². The standard InChI is InChI=1S/C19H23NOS/c21-22(16-17-9-3-1-4-10-17)19(15-20-13-7-8-14-20)18-11-5-2-6-12-18/h1-6,9-12,19H,7-8,13-16H2/t19-,22-/m0/s1. The van der Waals surface area contributed by atoms with Gasteiger partial charge in [0.25, 0.3) is 0 Å². The van der Waals surface area contributed by atoms with Crippen molar-refractivity contribution in [1.29, 1.82) is 0 Å². The predicted molar refractivity (Wildman–Crippen MR) is 93.1 cm³/mol. The largest absolute Gasteiger partial charge is 0.302 e. The number of rotatable bonds is 6. The second-order valence-electron chi connectivity index (χ2n) is 5.92. The third-order valence-corrected chi connectivity index (χ3v) is 5.94. The van der Waals surface area contributed by atoms with Gasteiger partial charge in [0.1, 0.15) is 0 Å². The summed E-state index contributed by atoms with van der Waals surface area (Å²) in [6, 6.07) is 20.5. The number of nitrogens with zero attached hydrogens (tertiary/aromatic N) is 1. The van der Waals surface area contributed by atoms with Crippen LogP contribution >= 0.6 is 0 Å². The van der Waals surface area contributed by atoms with E-state index in [9.17, 15) is 4.21 Å². The van der Waals surface area contributed by atoms with Crippen molar-refractivity contribution >= 4 is 10.8 Å². The summed E-state index contributed by atoms with van der Waals surface area (Å²) in [5, 5.41) is 0.0968. The molecule has 2 aromatic rings. The fraction of sp³-hybridized carbons (Fsp3) is 0.368. The van der Waals surface area contributed by atoms with Crippen molar-refractivity contribution in [3.8, 4) is 0 Å². The Morgan fingerprint density at radius 3 is 2.14 bits per heavy atom. The monoisotopic (exact) mass is 313 g/mol. The molecule has 2 aromatic carbocycles. The van der Waals surface area contributed by atoms with E-state index in [0.29, 0.717) is 5.75 Å². The van der Waals surface area contributed by atoms with E-state index in [-0.39, 0.29) is 5.25 Å². The molecule has 0 bridgehead atoms. The fourth-order valence-corrected chi connectivity index (χ4v) is 4.61. The molecule has 0 saturated carbocycles. The smallest absolute Gasteiger partial charge is 0.0727 e. The van der Waals surface area contributed by atoms with Gasteiger partial charge in [0.15, 0.2) is 0 Å². The lowest BCUT2D eigenvalue weighted by Crippen LogP contribution is -2.28. The molecule has 2 atom stereocenters. The number of benzene rings is 2. The Balaban J connectivity index is 1.76. The van der Waals surface area contributed by atoms with Crippen LogP contribution in [0.5, 0.6) is 0 Å². The summed E-state index contributed by atoms with van der Waals surface area (Å²) in [5.74, 6) is 0.633. The van der Waals surface area contributed by atoms with Gasteiger partial charge in [-0.2, -0.15) is 0 Å². The summed E-state index contributed by atoms with van der Waals surface area (Å²) in [7, 11) is -0.897. The minimum absolute atomic E-state index is 0.0968. The molecule has 2 nitrogen and oxygen atoms in total. The molecule has 3 heteroatoms. The molecule has 0 unspecified atom stereocenters. The van der Waals surface area contributed by atoms with E-state index < -0.39 is 10.8 Å². The van der Waals surface area contributed by atoms with Crippen LogP contribution in [-0.2, 0) is 16.6 Å². The summed E-state index contributed by atoms with van der Waals surface area (Å²) in [6.07, 6.45) is 2.54. The summed E-state index contributed by atoms with van der Waals surface area (Å²) in [4.78, 5) is 2.46. The lowest BCUT2D eigenvalue weighted by molar-refractivity contribution is 0.338. The molecule has 1 heterocycles. The minimum atomic E-state index is -0.897. The highest BCUT2D eigenvalue weighted by molar-refractivity contribution is 7.84. The molecule has 0 amide bonds. The van der Waals surface area contributed by atoms with Gasteiger partial charge < -0.3 is 4.90 Å². The lowest BCUT2D eigenvalue weighted by Gasteiger charge is -2.23. The number of likely N-dealkylation sites (tertiary alicyclic amines) is 1. The Bertz CT molecular complexity index is 593. The Kier molecular flexibility index (Phi) is 5.41. The summed E-state index contributed by atoms with van der Waals surface area (Å²) < 4.78 is 13.0. The van der Waals surface area contributed by atoms with E-state index in [1.54, 1.807) is 0 Å². The topological polar surface area (TPSA) is 20.3 Å². The molecule has 3 rings (SSSR count). The molecule has 1 aliphatic rings. The van der Waals surface area contributed by atoms with Crippen LogP contribution in [0.4, 0.5) is 0 Å². The van der Waals surface area contributed by atoms with Gasteiger partial charge in [0.2, 0.25) is 0 Å². The predicted octanol–water partition coefficient (Wildman–Crippen LogP) is 3.77. The van der Waals surface area contributed by atoms with Gasteiger partial charge in [-0.15, -0.1) is 0 Å². The van der Waals surface area contributed by atoms with Crippen molar-refractivity contribution in [1.82, 2.24) is 4.90 Å². The summed E-state index contributed by atoms with van der Waals surface area (Å²) in [5.41, 5.74) is 2.35. The Morgan fingerprint density at radius 1 is 0.909 bits per heavy atom. The van der Waals surface area contributed by atoms with Crippen molar-refractivity contribution in [2.45, 2.75) is 23.8 Å². The quantitative estimate of drug-likeness (QED) is 0.809. The van der Waals surface area contributed by atoms with Crippen LogP contribution < -0.4 is 0 Å². The molecular weight excluding hydrogens is 290 g/mol. The first-order valence-corrected chi connectivity index (χ1v) is 9.39. The van der Waals surface area contributed by atoms with Crippen LogP contribution in [0.15, 0.2) is 60.7 Å². The van der Waals surface area contributed by atoms with Gasteiger partial charge in [-0.1, -0.05) is 60.7 Å². The first-order chi connectivity index (χ1) is 10.8. The summed E-state index contributed by atoms with van der Waals surface area (Å²) >= 11 is 0. The van der Waals surface area contributed by atoms with Crippen LogP contribution in [0.25, 0.3) is 0 Å². The van der Waals surface area contributed by atoms with Gasteiger partial charge in [-0.3, -0.25) is 4.21 Å². The maximum Gasteiger partial charge on any atom is 0.0727 e. The van der Waals surface area contributed by atoms with Crippen LogP contribution in [-0.4, -0.2) is 28.7 Å². The zero-order valence-corrected chi connectivity index (χ0v) is 13.7. The van der Waals surface area contributed by atoms with E-state index >= 15 is 0 Å². The second-order valence-corrected chi connectivity index (χ2v) is 7.54. The Morgan fingerprint density at radius 2 is 1.50 bits per heavy atom. The zero-order chi connectivity index (χ0) is 15.2. The van der Waals surface area contributed by atoms with E-state index in [0.717, 1.165) is 25.2 Å². The van der Waals surface area contributed by atoms with E-state index in [1.165, 1.54) is 18.4 Å². The van der Waals surface area contributed by atoms with Crippen molar-refractivity contribution in [2.75, 3.05) is 19.6 Å². The minimum Gasteiger partial charge on any atom is -0.302 e. The molecule has 0 spiro atoms. The van der Waals surface area contributed by atoms with Crippen LogP contribution in [0.3, 0.4) is 0 Å². The molecule has 116 valence electrons. The van der Waals surface area contributed by atoms with Gasteiger partial charge in [0.05, 0.1) is 5.25 Å². The second kappa shape index (κ2) is 7.70. The van der Waals surface area contributed by atoms with Gasteiger partial charge in [-0.25, -0.2) is 0 Å². The maximum absolute atomic E-state index is 13.0. The zero-order valence-electron chi connectivity index (χ0n) is 12.9. The van der Waals surface area contributed by atoms with Crippen molar-refractivity contribution in [3.63, 3.8) is 0 Å². The molecular formula is C19H23NOS. The van der Waals surface area contributed by atoms with Crippen LogP contribution in [0.1, 0.15) is 29.2 Å². The normalized spacial score (nSPS) is 18.2. The Labute approximate surface area is 135 Å². The van der Waals surface area contributed by atoms with Crippen molar-refractivity contribution in [3.05, 3.63) is 71.8 Å². The molecule has 1 fully saturated rings. The maximum atomic E-state index is 13.0. The third-order valence-electron chi connectivity index (χ3n) is 4.26. The number of hydrogen-bond donors (Lipinski definition) is 0. The highest BCUT2D eigenvalue weighted by Crippen LogP contribution is 2.25. The molecule has 1 saturated heterocycles. The first kappa shape index (κ1) is 15.4. The molecule has 0 aliphatic carbocycles. The average Bonchev–Trinajstić information content (AvgIpc) is 3.07. The molecule has 0 aromatic heterocycles. The molecule has 0 N–H and O–H groups in total. The third kappa shape index (κ3) is 4.05. The fourth-order valence-electron chi connectivity index (χ4n) is 3.05. The van der Waals surface area contributed by atoms with E-state index in [4.69, 9.17) is 0 Å². The van der Waals surface area contributed by atoms with Crippen LogP contribution in [0, 0.1) is 0 Å². The van der Waals surface area contributed by atoms with Gasteiger partial charge in [-0.05, 0) is 37.1 Å². The Hall–Kier alpha value is -1.45. The van der Waals surface area contributed by atoms with Crippen molar-refractivity contribution in [2.24, 2.45) is 0 Å².